The predicted octanol–water partition coefficient (Wildman–Crippen LogP) is 2.51. The van der Waals surface area contributed by atoms with Crippen LogP contribution in [-0.2, 0) is 15.8 Å². The Morgan fingerprint density at radius 1 is 1.22 bits per heavy atom. The van der Waals surface area contributed by atoms with Gasteiger partial charge in [-0.25, -0.2) is 17.9 Å². The summed E-state index contributed by atoms with van der Waals surface area (Å²) in [5, 5.41) is 2.53. The molecule has 0 aliphatic heterocycles. The lowest BCUT2D eigenvalue weighted by atomic mass is 10.2. The Hall–Kier alpha value is -1.93. The first-order valence-corrected chi connectivity index (χ1v) is 9.59. The van der Waals surface area contributed by atoms with Crippen molar-refractivity contribution in [3.8, 4) is 0 Å². The van der Waals surface area contributed by atoms with Gasteiger partial charge in [-0.1, -0.05) is 18.2 Å². The number of benzene rings is 1. The van der Waals surface area contributed by atoms with Gasteiger partial charge in [0.15, 0.2) is 0 Å². The molecule has 0 bridgehead atoms. The number of urea groups is 1. The predicted molar refractivity (Wildman–Crippen MR) is 89.8 cm³/mol. The summed E-state index contributed by atoms with van der Waals surface area (Å²) in [7, 11) is -3.85. The van der Waals surface area contributed by atoms with Crippen molar-refractivity contribution in [2.75, 3.05) is 12.3 Å². The van der Waals surface area contributed by atoms with E-state index in [4.69, 9.17) is 4.42 Å². The van der Waals surface area contributed by atoms with Crippen molar-refractivity contribution in [3.63, 3.8) is 0 Å². The highest BCUT2D eigenvalue weighted by Crippen LogP contribution is 2.13. The third-order valence-electron chi connectivity index (χ3n) is 2.97. The van der Waals surface area contributed by atoms with Gasteiger partial charge in [-0.3, -0.25) is 0 Å². The minimum Gasteiger partial charge on any atom is -0.468 e. The van der Waals surface area contributed by atoms with E-state index < -0.39 is 16.1 Å². The number of nitrogens with one attached hydrogen (secondary N) is 2. The van der Waals surface area contributed by atoms with Gasteiger partial charge in [0.2, 0.25) is 0 Å². The fourth-order valence-electron chi connectivity index (χ4n) is 1.88. The Bertz CT molecular complexity index is 743. The molecule has 0 unspecified atom stereocenters. The lowest BCUT2D eigenvalue weighted by Gasteiger charge is -2.10. The second-order valence-electron chi connectivity index (χ2n) is 4.76. The first kappa shape index (κ1) is 17.4. The Kier molecular flexibility index (Phi) is 6.12. The van der Waals surface area contributed by atoms with Crippen molar-refractivity contribution < 1.29 is 17.6 Å². The molecule has 0 saturated heterocycles. The fourth-order valence-corrected chi connectivity index (χ4v) is 3.81. The third kappa shape index (κ3) is 5.33. The quantitative estimate of drug-likeness (QED) is 0.746. The molecule has 2 aromatic rings. The van der Waals surface area contributed by atoms with Gasteiger partial charge in [-0.15, -0.1) is 0 Å². The van der Waals surface area contributed by atoms with Crippen LogP contribution in [0, 0.1) is 6.92 Å². The molecule has 2 amide bonds. The largest absolute Gasteiger partial charge is 0.468 e. The molecule has 1 aromatic heterocycles. The van der Waals surface area contributed by atoms with E-state index >= 15 is 0 Å². The Labute approximate surface area is 139 Å². The molecule has 1 heterocycles. The van der Waals surface area contributed by atoms with Crippen molar-refractivity contribution in [2.24, 2.45) is 0 Å². The molecule has 0 saturated carbocycles. The highest BCUT2D eigenvalue weighted by Gasteiger charge is 2.18. The average Bonchev–Trinajstić information content (AvgIpc) is 3.00. The number of rotatable bonds is 7. The Morgan fingerprint density at radius 3 is 2.70 bits per heavy atom. The first-order valence-electron chi connectivity index (χ1n) is 6.95. The molecule has 0 atom stereocenters. The topological polar surface area (TPSA) is 88.4 Å². The van der Waals surface area contributed by atoms with Crippen molar-refractivity contribution in [1.82, 2.24) is 10.0 Å². The number of sulfonamides is 1. The number of hydrogen-bond acceptors (Lipinski definition) is 5. The van der Waals surface area contributed by atoms with E-state index in [1.807, 2.05) is 16.9 Å². The zero-order chi connectivity index (χ0) is 16.7. The van der Waals surface area contributed by atoms with E-state index in [0.29, 0.717) is 23.6 Å². The monoisotopic (exact) mass is 354 g/mol. The molecule has 1 aromatic carbocycles. The molecule has 0 aliphatic rings. The van der Waals surface area contributed by atoms with E-state index in [1.165, 1.54) is 6.07 Å². The molecule has 0 fully saturated rings. The van der Waals surface area contributed by atoms with Crippen molar-refractivity contribution >= 4 is 27.8 Å². The summed E-state index contributed by atoms with van der Waals surface area (Å²) >= 11 is 1.58. The van der Waals surface area contributed by atoms with Crippen molar-refractivity contribution in [1.29, 1.82) is 0 Å². The van der Waals surface area contributed by atoms with Crippen LogP contribution < -0.4 is 10.0 Å². The van der Waals surface area contributed by atoms with E-state index in [1.54, 1.807) is 43.1 Å². The number of thioether (sulfide) groups is 1. The summed E-state index contributed by atoms with van der Waals surface area (Å²) in [6.45, 7) is 2.04. The number of aryl methyl sites for hydroxylation is 1. The molecule has 0 aliphatic carbocycles. The van der Waals surface area contributed by atoms with Crippen LogP contribution in [0.15, 0.2) is 52.0 Å². The number of hydrogen-bond donors (Lipinski definition) is 2. The van der Waals surface area contributed by atoms with Crippen LogP contribution in [0.3, 0.4) is 0 Å². The molecule has 6 nitrogen and oxygen atoms in total. The maximum atomic E-state index is 12.1. The van der Waals surface area contributed by atoms with Crippen LogP contribution >= 0.6 is 11.8 Å². The normalized spacial score (nSPS) is 11.2. The molecular weight excluding hydrogens is 336 g/mol. The van der Waals surface area contributed by atoms with Gasteiger partial charge in [0.25, 0.3) is 10.0 Å². The van der Waals surface area contributed by atoms with Gasteiger partial charge >= 0.3 is 6.03 Å². The number of amides is 2. The standard InChI is InChI=1S/C15H18N2O4S2/c1-12-5-2-3-7-14(12)23(19,20)17-15(18)16-8-10-22-11-13-6-4-9-21-13/h2-7,9H,8,10-11H2,1H3,(H2,16,17,18). The number of furan rings is 1. The zero-order valence-corrected chi connectivity index (χ0v) is 14.2. The van der Waals surface area contributed by atoms with Crippen LogP contribution in [-0.4, -0.2) is 26.7 Å². The molecule has 23 heavy (non-hydrogen) atoms. The van der Waals surface area contributed by atoms with E-state index in [-0.39, 0.29) is 4.90 Å². The molecule has 2 rings (SSSR count). The van der Waals surface area contributed by atoms with Crippen LogP contribution in [0.2, 0.25) is 0 Å². The summed E-state index contributed by atoms with van der Waals surface area (Å²) in [4.78, 5) is 11.8. The minimum absolute atomic E-state index is 0.0994. The van der Waals surface area contributed by atoms with Gasteiger partial charge < -0.3 is 9.73 Å². The molecule has 8 heteroatoms. The number of carbonyl (C=O) groups excluding carboxylic acids is 1. The molecule has 0 spiro atoms. The van der Waals surface area contributed by atoms with Crippen LogP contribution in [0.25, 0.3) is 0 Å². The van der Waals surface area contributed by atoms with Crippen molar-refractivity contribution in [2.45, 2.75) is 17.6 Å². The van der Waals surface area contributed by atoms with Crippen LogP contribution in [0.4, 0.5) is 4.79 Å². The van der Waals surface area contributed by atoms with Crippen LogP contribution in [0.5, 0.6) is 0 Å². The van der Waals surface area contributed by atoms with Crippen LogP contribution in [0.1, 0.15) is 11.3 Å². The summed E-state index contributed by atoms with van der Waals surface area (Å²) in [6, 6.07) is 9.46. The van der Waals surface area contributed by atoms with Gasteiger partial charge in [0.05, 0.1) is 16.9 Å². The van der Waals surface area contributed by atoms with E-state index in [9.17, 15) is 13.2 Å². The Morgan fingerprint density at radius 2 is 2.00 bits per heavy atom. The maximum Gasteiger partial charge on any atom is 0.328 e. The molecular formula is C15H18N2O4S2. The second kappa shape index (κ2) is 8.07. The SMILES string of the molecule is Cc1ccccc1S(=O)(=O)NC(=O)NCCSCc1ccco1. The highest BCUT2D eigenvalue weighted by atomic mass is 32.2. The van der Waals surface area contributed by atoms with Gasteiger partial charge in [0, 0.05) is 12.3 Å². The second-order valence-corrected chi connectivity index (χ2v) is 7.51. The maximum absolute atomic E-state index is 12.1. The summed E-state index contributed by atoms with van der Waals surface area (Å²) in [6.07, 6.45) is 1.61. The summed E-state index contributed by atoms with van der Waals surface area (Å²) < 4.78 is 31.4. The number of carbonyl (C=O) groups is 1. The zero-order valence-electron chi connectivity index (χ0n) is 12.6. The molecule has 2 N–H and O–H groups in total. The van der Waals surface area contributed by atoms with Gasteiger partial charge in [0.1, 0.15) is 5.76 Å². The summed E-state index contributed by atoms with van der Waals surface area (Å²) in [5.41, 5.74) is 0.585. The Balaban J connectivity index is 1.75. The average molecular weight is 354 g/mol. The fraction of sp³-hybridized carbons (Fsp3) is 0.267. The lowest BCUT2D eigenvalue weighted by molar-refractivity contribution is 0.246. The van der Waals surface area contributed by atoms with Gasteiger partial charge in [-0.2, -0.15) is 11.8 Å². The molecule has 124 valence electrons. The minimum atomic E-state index is -3.85. The summed E-state index contributed by atoms with van der Waals surface area (Å²) in [5.74, 6) is 2.22. The first-order chi connectivity index (χ1) is 11.0. The van der Waals surface area contributed by atoms with E-state index in [2.05, 4.69) is 5.32 Å². The van der Waals surface area contributed by atoms with E-state index in [0.717, 1.165) is 5.76 Å². The van der Waals surface area contributed by atoms with Crippen molar-refractivity contribution in [3.05, 3.63) is 54.0 Å². The third-order valence-corrected chi connectivity index (χ3v) is 5.44. The lowest BCUT2D eigenvalue weighted by Crippen LogP contribution is -2.40. The highest BCUT2D eigenvalue weighted by molar-refractivity contribution is 7.98. The van der Waals surface area contributed by atoms with Gasteiger partial charge in [-0.05, 0) is 30.7 Å². The molecule has 0 radical (unpaired) electrons. The smallest absolute Gasteiger partial charge is 0.328 e.